The SMILES string of the molecule is C#CCCC1(CCNC(=O)Cn2cc(OCC3CC3)cn2)N=N1. The minimum atomic E-state index is -0.352. The normalized spacial score (nSPS) is 17.5. The number of carbonyl (C=O) groups excluding carboxylic acids is 1. The van der Waals surface area contributed by atoms with Gasteiger partial charge < -0.3 is 10.1 Å². The molecule has 0 unspecified atom stereocenters. The molecule has 1 amide bonds. The smallest absolute Gasteiger partial charge is 0.241 e. The molecule has 2 heterocycles. The summed E-state index contributed by atoms with van der Waals surface area (Å²) in [4.78, 5) is 11.9. The third-order valence-electron chi connectivity index (χ3n) is 4.00. The topological polar surface area (TPSA) is 80.9 Å². The number of amides is 1. The summed E-state index contributed by atoms with van der Waals surface area (Å²) in [7, 11) is 0. The maximum absolute atomic E-state index is 11.9. The molecule has 122 valence electrons. The summed E-state index contributed by atoms with van der Waals surface area (Å²) in [5, 5.41) is 15.1. The molecular formula is C16H21N5O2. The summed E-state index contributed by atoms with van der Waals surface area (Å²) < 4.78 is 7.19. The number of carbonyl (C=O) groups is 1. The molecule has 0 spiro atoms. The van der Waals surface area contributed by atoms with Crippen molar-refractivity contribution in [1.82, 2.24) is 15.1 Å². The molecule has 0 atom stereocenters. The predicted molar refractivity (Wildman–Crippen MR) is 83.7 cm³/mol. The number of rotatable bonds is 10. The maximum Gasteiger partial charge on any atom is 0.241 e. The molecule has 0 aromatic carbocycles. The van der Waals surface area contributed by atoms with Gasteiger partial charge in [0.05, 0.1) is 19.0 Å². The highest BCUT2D eigenvalue weighted by Crippen LogP contribution is 2.36. The lowest BCUT2D eigenvalue weighted by Crippen LogP contribution is -2.31. The van der Waals surface area contributed by atoms with Gasteiger partial charge in [0.2, 0.25) is 5.91 Å². The lowest BCUT2D eigenvalue weighted by atomic mass is 10.0. The van der Waals surface area contributed by atoms with Gasteiger partial charge in [-0.25, -0.2) is 0 Å². The number of hydrogen-bond donors (Lipinski definition) is 1. The monoisotopic (exact) mass is 315 g/mol. The quantitative estimate of drug-likeness (QED) is 0.668. The van der Waals surface area contributed by atoms with Crippen LogP contribution in [0.5, 0.6) is 5.75 Å². The van der Waals surface area contributed by atoms with Crippen molar-refractivity contribution < 1.29 is 9.53 Å². The zero-order valence-electron chi connectivity index (χ0n) is 13.1. The van der Waals surface area contributed by atoms with Crippen LogP contribution in [0.1, 0.15) is 32.1 Å². The Kier molecular flexibility index (Phi) is 4.60. The highest BCUT2D eigenvalue weighted by Gasteiger charge is 2.38. The Morgan fingerprint density at radius 3 is 3.00 bits per heavy atom. The second-order valence-corrected chi connectivity index (χ2v) is 6.11. The Labute approximate surface area is 135 Å². The molecule has 0 radical (unpaired) electrons. The van der Waals surface area contributed by atoms with E-state index < -0.39 is 0 Å². The first kappa shape index (κ1) is 15.5. The lowest BCUT2D eigenvalue weighted by Gasteiger charge is -2.09. The molecule has 1 aromatic heterocycles. The number of terminal acetylenes is 1. The first-order valence-electron chi connectivity index (χ1n) is 7.99. The zero-order valence-corrected chi connectivity index (χ0v) is 13.1. The first-order chi connectivity index (χ1) is 11.2. The minimum Gasteiger partial charge on any atom is -0.490 e. The van der Waals surface area contributed by atoms with E-state index in [0.717, 1.165) is 13.0 Å². The van der Waals surface area contributed by atoms with Crippen molar-refractivity contribution in [3.05, 3.63) is 12.4 Å². The van der Waals surface area contributed by atoms with E-state index in [2.05, 4.69) is 26.6 Å². The van der Waals surface area contributed by atoms with Gasteiger partial charge in [0.1, 0.15) is 6.54 Å². The maximum atomic E-state index is 11.9. The predicted octanol–water partition coefficient (Wildman–Crippen LogP) is 1.75. The summed E-state index contributed by atoms with van der Waals surface area (Å²) in [5.41, 5.74) is -0.352. The van der Waals surface area contributed by atoms with E-state index in [1.165, 1.54) is 12.8 Å². The second-order valence-electron chi connectivity index (χ2n) is 6.11. The van der Waals surface area contributed by atoms with Crippen LogP contribution in [0.15, 0.2) is 22.6 Å². The molecule has 7 nitrogen and oxygen atoms in total. The van der Waals surface area contributed by atoms with Gasteiger partial charge in [-0.2, -0.15) is 15.3 Å². The number of nitrogens with one attached hydrogen (secondary N) is 1. The zero-order chi connectivity index (χ0) is 16.1. The van der Waals surface area contributed by atoms with Gasteiger partial charge in [-0.1, -0.05) is 0 Å². The summed E-state index contributed by atoms with van der Waals surface area (Å²) in [6.45, 7) is 1.45. The van der Waals surface area contributed by atoms with Crippen molar-refractivity contribution in [2.24, 2.45) is 16.1 Å². The van der Waals surface area contributed by atoms with Crippen LogP contribution in [0.2, 0.25) is 0 Å². The summed E-state index contributed by atoms with van der Waals surface area (Å²) in [6, 6.07) is 0. The van der Waals surface area contributed by atoms with E-state index in [4.69, 9.17) is 11.2 Å². The Morgan fingerprint density at radius 1 is 1.48 bits per heavy atom. The average molecular weight is 315 g/mol. The van der Waals surface area contributed by atoms with Crippen molar-refractivity contribution in [2.75, 3.05) is 13.2 Å². The van der Waals surface area contributed by atoms with Gasteiger partial charge in [0.15, 0.2) is 11.4 Å². The Bertz CT molecular complexity index is 621. The average Bonchev–Trinajstić information content (AvgIpc) is 3.45. The summed E-state index contributed by atoms with van der Waals surface area (Å²) in [6.07, 6.45) is 13.2. The molecule has 3 rings (SSSR count). The van der Waals surface area contributed by atoms with Crippen LogP contribution in [-0.2, 0) is 11.3 Å². The van der Waals surface area contributed by atoms with E-state index in [9.17, 15) is 4.79 Å². The number of hydrogen-bond acceptors (Lipinski definition) is 5. The van der Waals surface area contributed by atoms with E-state index in [-0.39, 0.29) is 18.1 Å². The van der Waals surface area contributed by atoms with Gasteiger partial charge in [-0.05, 0) is 18.8 Å². The molecule has 2 aliphatic rings. The molecule has 1 aromatic rings. The van der Waals surface area contributed by atoms with Gasteiger partial charge in [-0.3, -0.25) is 9.48 Å². The fourth-order valence-electron chi connectivity index (χ4n) is 2.28. The highest BCUT2D eigenvalue weighted by molar-refractivity contribution is 5.75. The fraction of sp³-hybridized carbons (Fsp3) is 0.625. The van der Waals surface area contributed by atoms with E-state index >= 15 is 0 Å². The van der Waals surface area contributed by atoms with Crippen molar-refractivity contribution in [2.45, 2.75) is 44.3 Å². The van der Waals surface area contributed by atoms with Crippen molar-refractivity contribution in [3.63, 3.8) is 0 Å². The van der Waals surface area contributed by atoms with Gasteiger partial charge in [0.25, 0.3) is 0 Å². The number of aromatic nitrogens is 2. The molecule has 0 saturated heterocycles. The second kappa shape index (κ2) is 6.82. The van der Waals surface area contributed by atoms with Gasteiger partial charge in [0, 0.05) is 25.8 Å². The van der Waals surface area contributed by atoms with E-state index in [0.29, 0.717) is 31.1 Å². The van der Waals surface area contributed by atoms with Crippen molar-refractivity contribution in [3.8, 4) is 18.1 Å². The first-order valence-corrected chi connectivity index (χ1v) is 7.99. The molecule has 23 heavy (non-hydrogen) atoms. The third kappa shape index (κ3) is 4.81. The van der Waals surface area contributed by atoms with E-state index in [1.807, 2.05) is 0 Å². The van der Waals surface area contributed by atoms with Crippen molar-refractivity contribution in [1.29, 1.82) is 0 Å². The van der Waals surface area contributed by atoms with Crippen LogP contribution in [-0.4, -0.2) is 34.5 Å². The van der Waals surface area contributed by atoms with Crippen LogP contribution < -0.4 is 10.1 Å². The van der Waals surface area contributed by atoms with Crippen LogP contribution >= 0.6 is 0 Å². The van der Waals surface area contributed by atoms with Gasteiger partial charge in [-0.15, -0.1) is 12.3 Å². The standard InChI is InChI=1S/C16H21N5O2/c1-2-3-6-16(19-20-16)7-8-17-15(22)11-21-10-14(9-18-21)23-12-13-4-5-13/h1,9-10,13H,3-8,11-12H2,(H,17,22). The molecule has 0 bridgehead atoms. The molecular weight excluding hydrogens is 294 g/mol. The highest BCUT2D eigenvalue weighted by atomic mass is 16.5. The Morgan fingerprint density at radius 2 is 2.30 bits per heavy atom. The fourth-order valence-corrected chi connectivity index (χ4v) is 2.28. The molecule has 1 aliphatic heterocycles. The molecule has 1 saturated carbocycles. The van der Waals surface area contributed by atoms with E-state index in [1.54, 1.807) is 17.1 Å². The van der Waals surface area contributed by atoms with Crippen LogP contribution in [0.4, 0.5) is 0 Å². The number of nitrogens with zero attached hydrogens (tertiary/aromatic N) is 4. The van der Waals surface area contributed by atoms with Gasteiger partial charge >= 0.3 is 0 Å². The third-order valence-corrected chi connectivity index (χ3v) is 4.00. The molecule has 1 fully saturated rings. The van der Waals surface area contributed by atoms with Crippen LogP contribution in [0.25, 0.3) is 0 Å². The minimum absolute atomic E-state index is 0.0883. The van der Waals surface area contributed by atoms with Crippen LogP contribution in [0.3, 0.4) is 0 Å². The Balaban J connectivity index is 1.33. The van der Waals surface area contributed by atoms with Crippen LogP contribution in [0, 0.1) is 18.3 Å². The largest absolute Gasteiger partial charge is 0.490 e. The summed E-state index contributed by atoms with van der Waals surface area (Å²) in [5.74, 6) is 3.91. The molecule has 1 N–H and O–H groups in total. The Hall–Kier alpha value is -2.36. The molecule has 7 heteroatoms. The van der Waals surface area contributed by atoms with Crippen molar-refractivity contribution >= 4 is 5.91 Å². The summed E-state index contributed by atoms with van der Waals surface area (Å²) >= 11 is 0. The lowest BCUT2D eigenvalue weighted by molar-refractivity contribution is -0.121. The molecule has 1 aliphatic carbocycles. The number of ether oxygens (including phenoxy) is 1.